The Bertz CT molecular complexity index is 774. The van der Waals surface area contributed by atoms with E-state index in [-0.39, 0.29) is 11.9 Å². The molecule has 1 N–H and O–H groups in total. The van der Waals surface area contributed by atoms with Crippen molar-refractivity contribution in [3.63, 3.8) is 0 Å². The van der Waals surface area contributed by atoms with Crippen LogP contribution in [0.3, 0.4) is 0 Å². The van der Waals surface area contributed by atoms with Gasteiger partial charge in [0, 0.05) is 18.7 Å². The summed E-state index contributed by atoms with van der Waals surface area (Å²) in [6.07, 6.45) is 2.61. The van der Waals surface area contributed by atoms with Crippen LogP contribution < -0.4 is 14.8 Å². The third-order valence-electron chi connectivity index (χ3n) is 5.30. The lowest BCUT2D eigenvalue weighted by Crippen LogP contribution is -2.36. The van der Waals surface area contributed by atoms with E-state index in [1.165, 1.54) is 18.4 Å². The Labute approximate surface area is 174 Å². The number of carbonyl (C=O) groups excluding carboxylic acids is 1. The molecule has 0 unspecified atom stereocenters. The van der Waals surface area contributed by atoms with Crippen molar-refractivity contribution in [3.05, 3.63) is 59.7 Å². The molecule has 1 saturated heterocycles. The third kappa shape index (κ3) is 6.50. The third-order valence-corrected chi connectivity index (χ3v) is 5.30. The summed E-state index contributed by atoms with van der Waals surface area (Å²) >= 11 is 0. The number of nitrogens with one attached hydrogen (secondary N) is 1. The van der Waals surface area contributed by atoms with Crippen LogP contribution in [0.2, 0.25) is 0 Å². The van der Waals surface area contributed by atoms with E-state index in [1.54, 1.807) is 7.11 Å². The van der Waals surface area contributed by atoms with Gasteiger partial charge in [-0.15, -0.1) is 0 Å². The van der Waals surface area contributed by atoms with Crippen molar-refractivity contribution in [1.82, 2.24) is 10.2 Å². The molecule has 156 valence electrons. The predicted molar refractivity (Wildman–Crippen MR) is 116 cm³/mol. The Morgan fingerprint density at radius 3 is 2.48 bits per heavy atom. The number of rotatable bonds is 8. The molecule has 0 bridgehead atoms. The van der Waals surface area contributed by atoms with Gasteiger partial charge in [-0.3, -0.25) is 9.69 Å². The molecule has 5 nitrogen and oxygen atoms in total. The fourth-order valence-corrected chi connectivity index (χ4v) is 3.69. The van der Waals surface area contributed by atoms with Crippen LogP contribution in [0, 0.1) is 5.92 Å². The smallest absolute Gasteiger partial charge is 0.251 e. The molecule has 2 aromatic carbocycles. The number of hydrogen-bond acceptors (Lipinski definition) is 4. The fraction of sp³-hybridized carbons (Fsp3) is 0.458. The molecule has 5 heteroatoms. The largest absolute Gasteiger partial charge is 0.497 e. The van der Waals surface area contributed by atoms with Crippen LogP contribution in [0.15, 0.2) is 48.5 Å². The van der Waals surface area contributed by atoms with Crippen LogP contribution in [0.1, 0.15) is 42.6 Å². The molecule has 1 heterocycles. The van der Waals surface area contributed by atoms with Gasteiger partial charge in [0.25, 0.3) is 5.91 Å². The van der Waals surface area contributed by atoms with E-state index in [0.29, 0.717) is 12.2 Å². The highest BCUT2D eigenvalue weighted by molar-refractivity contribution is 5.94. The van der Waals surface area contributed by atoms with Crippen molar-refractivity contribution in [1.29, 1.82) is 0 Å². The molecule has 1 fully saturated rings. The zero-order valence-electron chi connectivity index (χ0n) is 17.7. The molecule has 2 aromatic rings. The highest BCUT2D eigenvalue weighted by atomic mass is 16.5. The van der Waals surface area contributed by atoms with E-state index in [2.05, 4.69) is 29.3 Å². The zero-order chi connectivity index (χ0) is 20.6. The first-order valence-electron chi connectivity index (χ1n) is 10.4. The monoisotopic (exact) mass is 396 g/mol. The Balaban J connectivity index is 1.45. The Morgan fingerprint density at radius 2 is 1.83 bits per heavy atom. The average Bonchev–Trinajstić information content (AvgIpc) is 2.73. The number of amides is 1. The first kappa shape index (κ1) is 21.2. The van der Waals surface area contributed by atoms with Crippen molar-refractivity contribution in [3.8, 4) is 11.5 Å². The highest BCUT2D eigenvalue weighted by Gasteiger charge is 2.16. The molecular formula is C24H32N2O3. The first-order valence-corrected chi connectivity index (χ1v) is 10.4. The predicted octanol–water partition coefficient (Wildman–Crippen LogP) is 4.12. The summed E-state index contributed by atoms with van der Waals surface area (Å²) < 4.78 is 10.9. The summed E-state index contributed by atoms with van der Waals surface area (Å²) in [4.78, 5) is 15.0. The minimum absolute atomic E-state index is 0.0750. The molecule has 3 rings (SSSR count). The van der Waals surface area contributed by atoms with Crippen LogP contribution >= 0.6 is 0 Å². The second-order valence-electron chi connectivity index (χ2n) is 8.04. The van der Waals surface area contributed by atoms with Crippen molar-refractivity contribution in [2.75, 3.05) is 26.8 Å². The van der Waals surface area contributed by atoms with Gasteiger partial charge in [-0.05, 0) is 74.2 Å². The van der Waals surface area contributed by atoms with Crippen molar-refractivity contribution in [2.45, 2.75) is 39.3 Å². The van der Waals surface area contributed by atoms with Gasteiger partial charge in [0.2, 0.25) is 0 Å². The summed E-state index contributed by atoms with van der Waals surface area (Å²) in [7, 11) is 1.63. The molecule has 1 aliphatic heterocycles. The van der Waals surface area contributed by atoms with Gasteiger partial charge in [-0.2, -0.15) is 0 Å². The fourth-order valence-electron chi connectivity index (χ4n) is 3.69. The van der Waals surface area contributed by atoms with Gasteiger partial charge in [-0.25, -0.2) is 0 Å². The van der Waals surface area contributed by atoms with Gasteiger partial charge >= 0.3 is 0 Å². The van der Waals surface area contributed by atoms with Crippen molar-refractivity contribution >= 4 is 5.91 Å². The van der Waals surface area contributed by atoms with Gasteiger partial charge in [0.05, 0.1) is 13.2 Å². The summed E-state index contributed by atoms with van der Waals surface area (Å²) in [5.74, 6) is 2.24. The van der Waals surface area contributed by atoms with E-state index in [0.717, 1.165) is 37.1 Å². The summed E-state index contributed by atoms with van der Waals surface area (Å²) in [5.41, 5.74) is 1.93. The van der Waals surface area contributed by atoms with Gasteiger partial charge in [-0.1, -0.05) is 19.1 Å². The zero-order valence-corrected chi connectivity index (χ0v) is 17.7. The quantitative estimate of drug-likeness (QED) is 0.729. The van der Waals surface area contributed by atoms with E-state index in [4.69, 9.17) is 9.47 Å². The topological polar surface area (TPSA) is 50.8 Å². The summed E-state index contributed by atoms with van der Waals surface area (Å²) in [6, 6.07) is 15.3. The van der Waals surface area contributed by atoms with Crippen molar-refractivity contribution in [2.24, 2.45) is 5.92 Å². The Kier molecular flexibility index (Phi) is 7.53. The van der Waals surface area contributed by atoms with Gasteiger partial charge < -0.3 is 14.8 Å². The van der Waals surface area contributed by atoms with E-state index >= 15 is 0 Å². The standard InChI is InChI=1S/C24H32N2O3/c1-18-5-4-14-26(15-18)16-20-6-8-21(9-7-20)24(27)25-19(2)17-29-23-12-10-22(28-3)11-13-23/h6-13,18-19H,4-5,14-17H2,1-3H3,(H,25,27)/t18-,19-/m0/s1. The molecule has 1 amide bonds. The minimum Gasteiger partial charge on any atom is -0.497 e. The van der Waals surface area contributed by atoms with Crippen LogP contribution in [0.5, 0.6) is 11.5 Å². The molecule has 0 radical (unpaired) electrons. The number of likely N-dealkylation sites (tertiary alicyclic amines) is 1. The number of benzene rings is 2. The number of piperidine rings is 1. The summed E-state index contributed by atoms with van der Waals surface area (Å²) in [5, 5.41) is 3.00. The molecule has 29 heavy (non-hydrogen) atoms. The number of carbonyl (C=O) groups is 1. The van der Waals surface area contributed by atoms with Crippen LogP contribution in [0.25, 0.3) is 0 Å². The normalized spacial score (nSPS) is 18.1. The average molecular weight is 397 g/mol. The Hall–Kier alpha value is -2.53. The molecule has 2 atom stereocenters. The van der Waals surface area contributed by atoms with Gasteiger partial charge in [0.1, 0.15) is 18.1 Å². The number of ether oxygens (including phenoxy) is 2. The minimum atomic E-state index is -0.0980. The lowest BCUT2D eigenvalue weighted by atomic mass is 9.99. The lowest BCUT2D eigenvalue weighted by molar-refractivity contribution is 0.0926. The van der Waals surface area contributed by atoms with E-state index in [9.17, 15) is 4.79 Å². The van der Waals surface area contributed by atoms with Crippen molar-refractivity contribution < 1.29 is 14.3 Å². The molecule has 0 aliphatic carbocycles. The maximum Gasteiger partial charge on any atom is 0.251 e. The van der Waals surface area contributed by atoms with Gasteiger partial charge in [0.15, 0.2) is 0 Å². The maximum absolute atomic E-state index is 12.5. The molecule has 0 spiro atoms. The van der Waals surface area contributed by atoms with Crippen LogP contribution in [0.4, 0.5) is 0 Å². The number of methoxy groups -OCH3 is 1. The molecule has 0 aromatic heterocycles. The maximum atomic E-state index is 12.5. The van der Waals surface area contributed by atoms with Crippen LogP contribution in [-0.4, -0.2) is 43.7 Å². The lowest BCUT2D eigenvalue weighted by Gasteiger charge is -2.30. The Morgan fingerprint density at radius 1 is 1.14 bits per heavy atom. The second kappa shape index (κ2) is 10.3. The molecular weight excluding hydrogens is 364 g/mol. The van der Waals surface area contributed by atoms with Crippen LogP contribution in [-0.2, 0) is 6.54 Å². The SMILES string of the molecule is COc1ccc(OC[C@H](C)NC(=O)c2ccc(CN3CCC[C@H](C)C3)cc2)cc1. The number of hydrogen-bond donors (Lipinski definition) is 1. The first-order chi connectivity index (χ1) is 14.0. The highest BCUT2D eigenvalue weighted by Crippen LogP contribution is 2.19. The summed E-state index contributed by atoms with van der Waals surface area (Å²) in [6.45, 7) is 7.94. The molecule has 0 saturated carbocycles. The van der Waals surface area contributed by atoms with E-state index in [1.807, 2.05) is 43.3 Å². The number of nitrogens with zero attached hydrogens (tertiary/aromatic N) is 1. The van der Waals surface area contributed by atoms with E-state index < -0.39 is 0 Å². The second-order valence-corrected chi connectivity index (χ2v) is 8.04. The molecule has 1 aliphatic rings.